The number of likely N-dealkylation sites (N-methyl/N-ethyl adjacent to an activating group) is 1. The second-order valence-electron chi connectivity index (χ2n) is 2.04. The van der Waals surface area contributed by atoms with Crippen molar-refractivity contribution in [1.82, 2.24) is 5.32 Å². The topological polar surface area (TPSA) is 25.2 Å². The summed E-state index contributed by atoms with van der Waals surface area (Å²) < 4.78 is 17.6. The van der Waals surface area contributed by atoms with Crippen LogP contribution in [0.3, 0.4) is 0 Å². The first-order valence-corrected chi connectivity index (χ1v) is 3.16. The summed E-state index contributed by atoms with van der Waals surface area (Å²) in [6, 6.07) is 3.31. The summed E-state index contributed by atoms with van der Waals surface area (Å²) in [5, 5.41) is 2.72. The van der Waals surface area contributed by atoms with Crippen molar-refractivity contribution in [3.05, 3.63) is 24.2 Å². The van der Waals surface area contributed by atoms with Crippen molar-refractivity contribution in [3.63, 3.8) is 0 Å². The maximum atomic E-state index is 12.8. The van der Waals surface area contributed by atoms with Crippen LogP contribution in [0.1, 0.15) is 11.9 Å². The van der Waals surface area contributed by atoms with Gasteiger partial charge in [-0.05, 0) is 19.2 Å². The van der Waals surface area contributed by atoms with Gasteiger partial charge in [-0.3, -0.25) is 0 Å². The molecule has 3 heteroatoms. The Bertz CT molecular complexity index is 174. The molecule has 1 N–H and O–H groups in total. The summed E-state index contributed by atoms with van der Waals surface area (Å²) >= 11 is 0. The van der Waals surface area contributed by atoms with Gasteiger partial charge in [0.25, 0.3) is 0 Å². The lowest BCUT2D eigenvalue weighted by Gasteiger charge is -2.01. The summed E-state index contributed by atoms with van der Waals surface area (Å²) in [6.07, 6.45) is 0.442. The van der Waals surface area contributed by atoms with Crippen LogP contribution in [-0.2, 0) is 0 Å². The van der Waals surface area contributed by atoms with Crippen LogP contribution in [0.4, 0.5) is 4.39 Å². The van der Waals surface area contributed by atoms with E-state index in [0.29, 0.717) is 12.3 Å². The molecule has 0 saturated carbocycles. The Morgan fingerprint density at radius 3 is 3.10 bits per heavy atom. The normalized spacial score (nSPS) is 13.4. The molecule has 0 aromatic carbocycles. The predicted octanol–water partition coefficient (Wildman–Crippen LogP) is 1.51. The van der Waals surface area contributed by atoms with Gasteiger partial charge in [0, 0.05) is 6.54 Å². The summed E-state index contributed by atoms with van der Waals surface area (Å²) in [5.74, 6) is 0.384. The first kappa shape index (κ1) is 7.28. The summed E-state index contributed by atoms with van der Waals surface area (Å²) in [7, 11) is 1.70. The fraction of sp³-hybridized carbons (Fsp3) is 0.429. The van der Waals surface area contributed by atoms with Crippen molar-refractivity contribution in [2.45, 2.75) is 6.17 Å². The van der Waals surface area contributed by atoms with E-state index in [2.05, 4.69) is 5.32 Å². The predicted molar refractivity (Wildman–Crippen MR) is 36.5 cm³/mol. The zero-order valence-corrected chi connectivity index (χ0v) is 5.80. The standard InChI is InChI=1S/C7H10FNO/c1-9-5-6(8)7-3-2-4-10-7/h2-4,6,9H,5H2,1H3. The Hall–Kier alpha value is -0.830. The Labute approximate surface area is 59.0 Å². The molecule has 0 spiro atoms. The van der Waals surface area contributed by atoms with Crippen molar-refractivity contribution in [2.75, 3.05) is 13.6 Å². The van der Waals surface area contributed by atoms with Crippen LogP contribution in [-0.4, -0.2) is 13.6 Å². The van der Waals surface area contributed by atoms with Gasteiger partial charge in [-0.2, -0.15) is 0 Å². The van der Waals surface area contributed by atoms with Gasteiger partial charge >= 0.3 is 0 Å². The monoisotopic (exact) mass is 143 g/mol. The molecule has 0 amide bonds. The van der Waals surface area contributed by atoms with Gasteiger partial charge in [0.2, 0.25) is 0 Å². The van der Waals surface area contributed by atoms with Gasteiger partial charge in [0.1, 0.15) is 5.76 Å². The lowest BCUT2D eigenvalue weighted by Crippen LogP contribution is -2.13. The van der Waals surface area contributed by atoms with Crippen LogP contribution >= 0.6 is 0 Å². The zero-order valence-electron chi connectivity index (χ0n) is 5.80. The Kier molecular flexibility index (Phi) is 2.45. The van der Waals surface area contributed by atoms with Gasteiger partial charge in [0.15, 0.2) is 6.17 Å². The third-order valence-electron chi connectivity index (χ3n) is 1.24. The molecule has 1 atom stereocenters. The van der Waals surface area contributed by atoms with E-state index in [0.717, 1.165) is 0 Å². The molecule has 0 aliphatic rings. The highest BCUT2D eigenvalue weighted by atomic mass is 19.1. The van der Waals surface area contributed by atoms with Gasteiger partial charge in [-0.15, -0.1) is 0 Å². The lowest BCUT2D eigenvalue weighted by atomic mass is 10.3. The molecule has 10 heavy (non-hydrogen) atoms. The number of rotatable bonds is 3. The molecule has 0 aliphatic carbocycles. The quantitative estimate of drug-likeness (QED) is 0.693. The van der Waals surface area contributed by atoms with Gasteiger partial charge in [0.05, 0.1) is 6.26 Å². The summed E-state index contributed by atoms with van der Waals surface area (Å²) in [6.45, 7) is 0.299. The van der Waals surface area contributed by atoms with E-state index in [1.807, 2.05) is 0 Å². The molecule has 0 radical (unpaired) electrons. The molecule has 2 nitrogen and oxygen atoms in total. The first-order chi connectivity index (χ1) is 4.84. The van der Waals surface area contributed by atoms with E-state index >= 15 is 0 Å². The van der Waals surface area contributed by atoms with Crippen LogP contribution in [0.15, 0.2) is 22.8 Å². The molecule has 0 saturated heterocycles. The summed E-state index contributed by atoms with van der Waals surface area (Å²) in [4.78, 5) is 0. The second-order valence-corrected chi connectivity index (χ2v) is 2.04. The molecule has 0 fully saturated rings. The maximum Gasteiger partial charge on any atom is 0.170 e. The van der Waals surface area contributed by atoms with Gasteiger partial charge in [-0.1, -0.05) is 0 Å². The van der Waals surface area contributed by atoms with Crippen LogP contribution in [0, 0.1) is 0 Å². The number of halogens is 1. The molecule has 1 rings (SSSR count). The Morgan fingerprint density at radius 2 is 2.60 bits per heavy atom. The molecular weight excluding hydrogens is 133 g/mol. The minimum absolute atomic E-state index is 0.299. The van der Waals surface area contributed by atoms with Crippen LogP contribution in [0.2, 0.25) is 0 Å². The molecule has 1 heterocycles. The van der Waals surface area contributed by atoms with E-state index in [4.69, 9.17) is 4.42 Å². The van der Waals surface area contributed by atoms with Crippen LogP contribution < -0.4 is 5.32 Å². The average Bonchev–Trinajstić information content (AvgIpc) is 2.38. The Balaban J connectivity index is 2.50. The van der Waals surface area contributed by atoms with Crippen molar-refractivity contribution in [2.24, 2.45) is 0 Å². The van der Waals surface area contributed by atoms with Crippen molar-refractivity contribution < 1.29 is 8.81 Å². The number of nitrogens with one attached hydrogen (secondary N) is 1. The first-order valence-electron chi connectivity index (χ1n) is 3.16. The molecule has 0 aliphatic heterocycles. The third-order valence-corrected chi connectivity index (χ3v) is 1.24. The third kappa shape index (κ3) is 1.57. The van der Waals surface area contributed by atoms with E-state index in [-0.39, 0.29) is 0 Å². The van der Waals surface area contributed by atoms with E-state index in [1.54, 1.807) is 19.2 Å². The highest BCUT2D eigenvalue weighted by Crippen LogP contribution is 2.15. The lowest BCUT2D eigenvalue weighted by molar-refractivity contribution is 0.281. The SMILES string of the molecule is CNCC(F)c1ccco1. The molecule has 0 bridgehead atoms. The fourth-order valence-corrected chi connectivity index (χ4v) is 0.749. The molecule has 1 unspecified atom stereocenters. The average molecular weight is 143 g/mol. The largest absolute Gasteiger partial charge is 0.466 e. The van der Waals surface area contributed by atoms with E-state index in [9.17, 15) is 4.39 Å². The second kappa shape index (κ2) is 3.37. The molecular formula is C7H10FNO. The number of hydrogen-bond acceptors (Lipinski definition) is 2. The van der Waals surface area contributed by atoms with Crippen molar-refractivity contribution in [3.8, 4) is 0 Å². The van der Waals surface area contributed by atoms with Gasteiger partial charge in [-0.25, -0.2) is 4.39 Å². The molecule has 56 valence electrons. The zero-order chi connectivity index (χ0) is 7.40. The van der Waals surface area contributed by atoms with Crippen LogP contribution in [0.25, 0.3) is 0 Å². The fourth-order valence-electron chi connectivity index (χ4n) is 0.749. The molecule has 1 aromatic rings. The number of alkyl halides is 1. The highest BCUT2D eigenvalue weighted by Gasteiger charge is 2.09. The van der Waals surface area contributed by atoms with Crippen molar-refractivity contribution in [1.29, 1.82) is 0 Å². The minimum Gasteiger partial charge on any atom is -0.466 e. The molecule has 1 aromatic heterocycles. The number of hydrogen-bond donors (Lipinski definition) is 1. The summed E-state index contributed by atoms with van der Waals surface area (Å²) in [5.41, 5.74) is 0. The smallest absolute Gasteiger partial charge is 0.170 e. The van der Waals surface area contributed by atoms with Crippen LogP contribution in [0.5, 0.6) is 0 Å². The Morgan fingerprint density at radius 1 is 1.80 bits per heavy atom. The number of furan rings is 1. The van der Waals surface area contributed by atoms with Gasteiger partial charge < -0.3 is 9.73 Å². The highest BCUT2D eigenvalue weighted by molar-refractivity contribution is 5.02. The minimum atomic E-state index is -1.03. The van der Waals surface area contributed by atoms with Crippen molar-refractivity contribution >= 4 is 0 Å². The van der Waals surface area contributed by atoms with E-state index in [1.165, 1.54) is 6.26 Å². The van der Waals surface area contributed by atoms with E-state index < -0.39 is 6.17 Å². The maximum absolute atomic E-state index is 12.8.